The number of ketones is 2. The van der Waals surface area contributed by atoms with Gasteiger partial charge in [0.15, 0.2) is 24.0 Å². The molecule has 0 aliphatic carbocycles. The number of benzene rings is 4. The first-order chi connectivity index (χ1) is 17.0. The van der Waals surface area contributed by atoms with E-state index in [1.807, 2.05) is 0 Å². The summed E-state index contributed by atoms with van der Waals surface area (Å²) in [6, 6.07) is 24.3. The molecule has 0 bridgehead atoms. The standard InChI is InChI=1S/C28H19FO6/c29-22-13-5-8-16-26(22)35-25-15-7-3-11-20(25)23(30)17-34-24-14-6-4-12-21(24)27(31)18-9-1-2-10-19(18)28(32)33/h1-16H,17H2,(H,32,33). The molecule has 4 rings (SSSR count). The normalized spacial score (nSPS) is 10.4. The summed E-state index contributed by atoms with van der Waals surface area (Å²) in [7, 11) is 0. The van der Waals surface area contributed by atoms with Gasteiger partial charge in [0.2, 0.25) is 5.78 Å². The van der Waals surface area contributed by atoms with E-state index in [2.05, 4.69) is 0 Å². The molecule has 6 nitrogen and oxygen atoms in total. The lowest BCUT2D eigenvalue weighted by Gasteiger charge is -2.13. The number of carbonyl (C=O) groups is 3. The Hall–Kier alpha value is -4.78. The highest BCUT2D eigenvalue weighted by Crippen LogP contribution is 2.28. The van der Waals surface area contributed by atoms with Crippen LogP contribution in [0.2, 0.25) is 0 Å². The van der Waals surface area contributed by atoms with Gasteiger partial charge in [0.25, 0.3) is 0 Å². The smallest absolute Gasteiger partial charge is 0.336 e. The number of carbonyl (C=O) groups excluding carboxylic acids is 2. The average molecular weight is 470 g/mol. The predicted octanol–water partition coefficient (Wildman–Crippen LogP) is 5.81. The van der Waals surface area contributed by atoms with Gasteiger partial charge in [-0.15, -0.1) is 0 Å². The van der Waals surface area contributed by atoms with E-state index in [0.717, 1.165) is 0 Å². The number of ether oxygens (including phenoxy) is 2. The fourth-order valence-corrected chi connectivity index (χ4v) is 3.45. The molecule has 0 fully saturated rings. The number of hydrogen-bond acceptors (Lipinski definition) is 5. The number of carboxylic acids is 1. The summed E-state index contributed by atoms with van der Waals surface area (Å²) in [4.78, 5) is 37.6. The van der Waals surface area contributed by atoms with Crippen molar-refractivity contribution in [1.82, 2.24) is 0 Å². The minimum atomic E-state index is -1.23. The van der Waals surface area contributed by atoms with Gasteiger partial charge in [-0.25, -0.2) is 9.18 Å². The molecule has 0 aromatic heterocycles. The van der Waals surface area contributed by atoms with Gasteiger partial charge in [0.1, 0.15) is 11.5 Å². The van der Waals surface area contributed by atoms with Gasteiger partial charge in [-0.1, -0.05) is 54.6 Å². The summed E-state index contributed by atoms with van der Waals surface area (Å²) >= 11 is 0. The van der Waals surface area contributed by atoms with Crippen molar-refractivity contribution in [2.24, 2.45) is 0 Å². The van der Waals surface area contributed by atoms with E-state index >= 15 is 0 Å². The van der Waals surface area contributed by atoms with Crippen LogP contribution in [-0.4, -0.2) is 29.2 Å². The zero-order valence-corrected chi connectivity index (χ0v) is 18.3. The van der Waals surface area contributed by atoms with Crippen molar-refractivity contribution in [3.05, 3.63) is 125 Å². The summed E-state index contributed by atoms with van der Waals surface area (Å²) in [5.41, 5.74) is 0.161. The molecule has 4 aromatic carbocycles. The van der Waals surface area contributed by atoms with Gasteiger partial charge in [-0.2, -0.15) is 0 Å². The Morgan fingerprint density at radius 1 is 0.629 bits per heavy atom. The van der Waals surface area contributed by atoms with Gasteiger partial charge in [-0.3, -0.25) is 9.59 Å². The maximum Gasteiger partial charge on any atom is 0.336 e. The van der Waals surface area contributed by atoms with Crippen LogP contribution in [0, 0.1) is 5.82 Å². The van der Waals surface area contributed by atoms with Crippen LogP contribution in [0.3, 0.4) is 0 Å². The Labute approximate surface area is 200 Å². The molecule has 0 heterocycles. The largest absolute Gasteiger partial charge is 0.485 e. The zero-order valence-electron chi connectivity index (χ0n) is 18.3. The van der Waals surface area contributed by atoms with E-state index in [-0.39, 0.29) is 39.5 Å². The summed E-state index contributed by atoms with van der Waals surface area (Å²) in [6.45, 7) is -0.428. The van der Waals surface area contributed by atoms with E-state index in [4.69, 9.17) is 9.47 Å². The Bertz CT molecular complexity index is 1410. The van der Waals surface area contributed by atoms with E-state index in [0.29, 0.717) is 0 Å². The average Bonchev–Trinajstić information content (AvgIpc) is 2.88. The first kappa shape index (κ1) is 23.4. The maximum absolute atomic E-state index is 14.0. The lowest BCUT2D eigenvalue weighted by molar-refractivity contribution is 0.0692. The molecule has 0 aliphatic heterocycles. The molecule has 0 aliphatic rings. The van der Waals surface area contributed by atoms with Crippen LogP contribution in [-0.2, 0) is 0 Å². The molecule has 1 N–H and O–H groups in total. The number of aromatic carboxylic acids is 1. The van der Waals surface area contributed by atoms with Crippen molar-refractivity contribution < 1.29 is 33.4 Å². The zero-order chi connectivity index (χ0) is 24.8. The van der Waals surface area contributed by atoms with Gasteiger partial charge < -0.3 is 14.6 Å². The van der Waals surface area contributed by atoms with Crippen molar-refractivity contribution in [1.29, 1.82) is 0 Å². The molecule has 0 saturated carbocycles. The third-order valence-electron chi connectivity index (χ3n) is 5.14. The summed E-state index contributed by atoms with van der Waals surface area (Å²) < 4.78 is 25.3. The fraction of sp³-hybridized carbons (Fsp3) is 0.0357. The van der Waals surface area contributed by atoms with E-state index in [1.165, 1.54) is 54.6 Å². The van der Waals surface area contributed by atoms with Crippen LogP contribution in [0.25, 0.3) is 0 Å². The second-order valence-corrected chi connectivity index (χ2v) is 7.42. The van der Waals surface area contributed by atoms with E-state index < -0.39 is 30.0 Å². The van der Waals surface area contributed by atoms with Gasteiger partial charge in [-0.05, 0) is 42.5 Å². The lowest BCUT2D eigenvalue weighted by Crippen LogP contribution is -2.15. The lowest BCUT2D eigenvalue weighted by atomic mass is 9.98. The van der Waals surface area contributed by atoms with E-state index in [9.17, 15) is 23.9 Å². The monoisotopic (exact) mass is 470 g/mol. The molecular weight excluding hydrogens is 451 g/mol. The first-order valence-electron chi connectivity index (χ1n) is 10.6. The summed E-state index contributed by atoms with van der Waals surface area (Å²) in [5.74, 6) is -2.54. The second-order valence-electron chi connectivity index (χ2n) is 7.42. The molecule has 0 unspecified atom stereocenters. The van der Waals surface area contributed by atoms with Crippen LogP contribution in [0.5, 0.6) is 17.2 Å². The molecule has 0 radical (unpaired) electrons. The molecule has 35 heavy (non-hydrogen) atoms. The highest BCUT2D eigenvalue weighted by Gasteiger charge is 2.21. The minimum absolute atomic E-state index is 0.00556. The molecule has 7 heteroatoms. The number of rotatable bonds is 9. The summed E-state index contributed by atoms with van der Waals surface area (Å²) in [5, 5.41) is 9.42. The Morgan fingerprint density at radius 3 is 1.80 bits per heavy atom. The number of carboxylic acid groups (broad SMARTS) is 1. The minimum Gasteiger partial charge on any atom is -0.485 e. The van der Waals surface area contributed by atoms with Crippen molar-refractivity contribution in [2.45, 2.75) is 0 Å². The van der Waals surface area contributed by atoms with Crippen molar-refractivity contribution >= 4 is 17.5 Å². The number of halogens is 1. The third-order valence-corrected chi connectivity index (χ3v) is 5.14. The van der Waals surface area contributed by atoms with Crippen molar-refractivity contribution in [2.75, 3.05) is 6.61 Å². The molecule has 4 aromatic rings. The molecule has 174 valence electrons. The van der Waals surface area contributed by atoms with Crippen molar-refractivity contribution in [3.63, 3.8) is 0 Å². The SMILES string of the molecule is O=C(COc1ccccc1C(=O)c1ccccc1C(=O)O)c1ccccc1Oc1ccccc1F. The Balaban J connectivity index is 1.56. The molecule has 0 atom stereocenters. The number of hydrogen-bond donors (Lipinski definition) is 1. The number of Topliss-reactive ketones (excluding diaryl/α,β-unsaturated/α-hetero) is 1. The summed E-state index contributed by atoms with van der Waals surface area (Å²) in [6.07, 6.45) is 0. The fourth-order valence-electron chi connectivity index (χ4n) is 3.45. The van der Waals surface area contributed by atoms with Crippen LogP contribution in [0.15, 0.2) is 97.1 Å². The molecular formula is C28H19FO6. The molecule has 0 spiro atoms. The quantitative estimate of drug-likeness (QED) is 0.311. The molecule has 0 amide bonds. The highest BCUT2D eigenvalue weighted by molar-refractivity contribution is 6.15. The van der Waals surface area contributed by atoms with Gasteiger partial charge >= 0.3 is 5.97 Å². The van der Waals surface area contributed by atoms with Crippen molar-refractivity contribution in [3.8, 4) is 17.2 Å². The molecule has 0 saturated heterocycles. The Kier molecular flexibility index (Phi) is 6.97. The van der Waals surface area contributed by atoms with Gasteiger partial charge in [0.05, 0.1) is 16.7 Å². The maximum atomic E-state index is 14.0. The predicted molar refractivity (Wildman–Crippen MR) is 126 cm³/mol. The second kappa shape index (κ2) is 10.4. The van der Waals surface area contributed by atoms with Gasteiger partial charge in [0, 0.05) is 5.56 Å². The number of para-hydroxylation sites is 3. The van der Waals surface area contributed by atoms with Crippen LogP contribution >= 0.6 is 0 Å². The highest BCUT2D eigenvalue weighted by atomic mass is 19.1. The van der Waals surface area contributed by atoms with E-state index in [1.54, 1.807) is 42.5 Å². The van der Waals surface area contributed by atoms with Crippen LogP contribution < -0.4 is 9.47 Å². The first-order valence-corrected chi connectivity index (χ1v) is 10.6. The van der Waals surface area contributed by atoms with Crippen LogP contribution in [0.1, 0.15) is 36.6 Å². The topological polar surface area (TPSA) is 89.9 Å². The van der Waals surface area contributed by atoms with Crippen LogP contribution in [0.4, 0.5) is 4.39 Å². The Morgan fingerprint density at radius 2 is 1.14 bits per heavy atom. The third kappa shape index (κ3) is 5.25.